The molecule has 6 heteroatoms. The van der Waals surface area contributed by atoms with E-state index < -0.39 is 11.4 Å². The third-order valence-electron chi connectivity index (χ3n) is 2.87. The average molecular weight is 269 g/mol. The van der Waals surface area contributed by atoms with Gasteiger partial charge in [0.05, 0.1) is 0 Å². The van der Waals surface area contributed by atoms with E-state index in [0.29, 0.717) is 17.9 Å². The molecule has 2 aromatic rings. The first-order valence-electron chi connectivity index (χ1n) is 5.80. The normalized spacial score (nSPS) is 10.0. The van der Waals surface area contributed by atoms with Crippen LogP contribution in [0.2, 0.25) is 0 Å². The molecule has 0 bridgehead atoms. The SMILES string of the molecule is Cc1cc(=O)c(C(=O)O)cn1Cc1ccnc(C#N)c1. The fourth-order valence-corrected chi connectivity index (χ4v) is 1.83. The number of carbonyl (C=O) groups is 1. The lowest BCUT2D eigenvalue weighted by molar-refractivity contribution is 0.0694. The topological polar surface area (TPSA) is 96.0 Å². The van der Waals surface area contributed by atoms with Gasteiger partial charge < -0.3 is 9.67 Å². The van der Waals surface area contributed by atoms with Gasteiger partial charge in [0.2, 0.25) is 0 Å². The summed E-state index contributed by atoms with van der Waals surface area (Å²) in [6.07, 6.45) is 2.83. The minimum atomic E-state index is -1.25. The fourth-order valence-electron chi connectivity index (χ4n) is 1.83. The molecule has 2 aromatic heterocycles. The number of aromatic carboxylic acids is 1. The summed E-state index contributed by atoms with van der Waals surface area (Å²) in [7, 11) is 0. The van der Waals surface area contributed by atoms with Crippen molar-refractivity contribution in [2.75, 3.05) is 0 Å². The van der Waals surface area contributed by atoms with E-state index in [0.717, 1.165) is 5.56 Å². The van der Waals surface area contributed by atoms with Crippen molar-refractivity contribution in [3.8, 4) is 6.07 Å². The summed E-state index contributed by atoms with van der Waals surface area (Å²) in [5.41, 5.74) is 0.957. The van der Waals surface area contributed by atoms with E-state index in [9.17, 15) is 9.59 Å². The van der Waals surface area contributed by atoms with E-state index in [1.165, 1.54) is 18.5 Å². The zero-order valence-corrected chi connectivity index (χ0v) is 10.7. The lowest BCUT2D eigenvalue weighted by Gasteiger charge is -2.11. The Labute approximate surface area is 114 Å². The number of hydrogen-bond donors (Lipinski definition) is 1. The zero-order chi connectivity index (χ0) is 14.7. The van der Waals surface area contributed by atoms with Gasteiger partial charge >= 0.3 is 5.97 Å². The molecule has 1 N–H and O–H groups in total. The maximum atomic E-state index is 11.5. The molecule has 2 rings (SSSR count). The summed E-state index contributed by atoms with van der Waals surface area (Å²) in [6.45, 7) is 2.09. The Hall–Kier alpha value is -2.94. The average Bonchev–Trinajstić information content (AvgIpc) is 2.41. The maximum Gasteiger partial charge on any atom is 0.341 e. The van der Waals surface area contributed by atoms with E-state index in [-0.39, 0.29) is 5.56 Å². The summed E-state index contributed by atoms with van der Waals surface area (Å²) >= 11 is 0. The van der Waals surface area contributed by atoms with Gasteiger partial charge in [-0.1, -0.05) is 0 Å². The van der Waals surface area contributed by atoms with Crippen LogP contribution in [0.1, 0.15) is 27.3 Å². The van der Waals surface area contributed by atoms with Gasteiger partial charge in [-0.15, -0.1) is 0 Å². The van der Waals surface area contributed by atoms with Crippen LogP contribution in [-0.4, -0.2) is 20.6 Å². The molecule has 0 spiro atoms. The number of hydrogen-bond acceptors (Lipinski definition) is 4. The van der Waals surface area contributed by atoms with Gasteiger partial charge in [-0.05, 0) is 24.6 Å². The number of nitrogens with zero attached hydrogens (tertiary/aromatic N) is 3. The van der Waals surface area contributed by atoms with Crippen molar-refractivity contribution in [1.29, 1.82) is 5.26 Å². The van der Waals surface area contributed by atoms with Gasteiger partial charge in [0, 0.05) is 30.7 Å². The van der Waals surface area contributed by atoms with Gasteiger partial charge in [0.1, 0.15) is 17.3 Å². The first-order chi connectivity index (χ1) is 9.51. The van der Waals surface area contributed by atoms with Crippen LogP contribution in [0.3, 0.4) is 0 Å². The molecule has 0 unspecified atom stereocenters. The monoisotopic (exact) mass is 269 g/mol. The van der Waals surface area contributed by atoms with Gasteiger partial charge in [-0.25, -0.2) is 9.78 Å². The van der Waals surface area contributed by atoms with Gasteiger partial charge in [-0.2, -0.15) is 5.26 Å². The molecule has 0 aliphatic rings. The van der Waals surface area contributed by atoms with Crippen LogP contribution in [0.4, 0.5) is 0 Å². The molecule has 0 radical (unpaired) electrons. The smallest absolute Gasteiger partial charge is 0.341 e. The molecule has 6 nitrogen and oxygen atoms in total. The van der Waals surface area contributed by atoms with Crippen LogP contribution in [0.15, 0.2) is 35.4 Å². The van der Waals surface area contributed by atoms with Crippen LogP contribution in [-0.2, 0) is 6.54 Å². The van der Waals surface area contributed by atoms with Crippen LogP contribution >= 0.6 is 0 Å². The number of pyridine rings is 2. The van der Waals surface area contributed by atoms with E-state index in [4.69, 9.17) is 10.4 Å². The van der Waals surface area contributed by atoms with E-state index >= 15 is 0 Å². The highest BCUT2D eigenvalue weighted by Crippen LogP contribution is 2.07. The maximum absolute atomic E-state index is 11.5. The van der Waals surface area contributed by atoms with Crippen molar-refractivity contribution in [2.45, 2.75) is 13.5 Å². The molecule has 0 aliphatic heterocycles. The van der Waals surface area contributed by atoms with Crippen molar-refractivity contribution < 1.29 is 9.90 Å². The number of aryl methyl sites for hydroxylation is 1. The first kappa shape index (κ1) is 13.5. The molecular weight excluding hydrogens is 258 g/mol. The molecule has 0 saturated carbocycles. The van der Waals surface area contributed by atoms with Crippen molar-refractivity contribution in [3.63, 3.8) is 0 Å². The second kappa shape index (κ2) is 5.36. The predicted molar refractivity (Wildman–Crippen MR) is 70.5 cm³/mol. The molecule has 0 aliphatic carbocycles. The summed E-state index contributed by atoms with van der Waals surface area (Å²) in [5.74, 6) is -1.25. The number of aromatic nitrogens is 2. The highest BCUT2D eigenvalue weighted by atomic mass is 16.4. The van der Waals surface area contributed by atoms with Gasteiger partial charge in [-0.3, -0.25) is 4.79 Å². The highest BCUT2D eigenvalue weighted by Gasteiger charge is 2.11. The van der Waals surface area contributed by atoms with Gasteiger partial charge in [0.25, 0.3) is 0 Å². The fraction of sp³-hybridized carbons (Fsp3) is 0.143. The van der Waals surface area contributed by atoms with Gasteiger partial charge in [0.15, 0.2) is 5.43 Å². The number of carboxylic acids is 1. The largest absolute Gasteiger partial charge is 0.477 e. The Morgan fingerprint density at radius 1 is 1.50 bits per heavy atom. The minimum Gasteiger partial charge on any atom is -0.477 e. The van der Waals surface area contributed by atoms with Crippen molar-refractivity contribution in [1.82, 2.24) is 9.55 Å². The summed E-state index contributed by atoms with van der Waals surface area (Å²) in [6, 6.07) is 6.59. The summed E-state index contributed by atoms with van der Waals surface area (Å²) < 4.78 is 1.65. The van der Waals surface area contributed by atoms with E-state index in [1.807, 2.05) is 6.07 Å². The van der Waals surface area contributed by atoms with Crippen molar-refractivity contribution >= 4 is 5.97 Å². The number of nitriles is 1. The van der Waals surface area contributed by atoms with Crippen molar-refractivity contribution in [3.05, 3.63) is 63.3 Å². The molecule has 0 saturated heterocycles. The van der Waals surface area contributed by atoms with Crippen LogP contribution in [0.25, 0.3) is 0 Å². The number of carboxylic acid groups (broad SMARTS) is 1. The van der Waals surface area contributed by atoms with Crippen LogP contribution < -0.4 is 5.43 Å². The van der Waals surface area contributed by atoms with Crippen LogP contribution in [0.5, 0.6) is 0 Å². The zero-order valence-electron chi connectivity index (χ0n) is 10.7. The second-order valence-corrected chi connectivity index (χ2v) is 4.29. The van der Waals surface area contributed by atoms with Crippen LogP contribution in [0, 0.1) is 18.3 Å². The van der Waals surface area contributed by atoms with Crippen molar-refractivity contribution in [2.24, 2.45) is 0 Å². The quantitative estimate of drug-likeness (QED) is 0.902. The lowest BCUT2D eigenvalue weighted by Crippen LogP contribution is -2.19. The Morgan fingerprint density at radius 2 is 2.25 bits per heavy atom. The third kappa shape index (κ3) is 2.72. The molecule has 0 fully saturated rings. The summed E-state index contributed by atoms with van der Waals surface area (Å²) in [4.78, 5) is 26.4. The molecule has 20 heavy (non-hydrogen) atoms. The lowest BCUT2D eigenvalue weighted by atomic mass is 10.2. The Morgan fingerprint density at radius 3 is 2.90 bits per heavy atom. The molecule has 0 atom stereocenters. The Bertz CT molecular complexity index is 772. The second-order valence-electron chi connectivity index (χ2n) is 4.29. The molecular formula is C14H11N3O3. The van der Waals surface area contributed by atoms with E-state index in [1.54, 1.807) is 23.6 Å². The Balaban J connectivity index is 2.43. The molecule has 2 heterocycles. The highest BCUT2D eigenvalue weighted by molar-refractivity contribution is 5.87. The minimum absolute atomic E-state index is 0.273. The molecule has 0 aromatic carbocycles. The Kier molecular flexibility index (Phi) is 3.62. The molecule has 0 amide bonds. The number of rotatable bonds is 3. The summed E-state index contributed by atoms with van der Waals surface area (Å²) in [5, 5.41) is 17.8. The van der Waals surface area contributed by atoms with E-state index in [2.05, 4.69) is 4.98 Å². The predicted octanol–water partition coefficient (Wildman–Crippen LogP) is 1.17. The first-order valence-corrected chi connectivity index (χ1v) is 5.80. The molecule has 100 valence electrons. The third-order valence-corrected chi connectivity index (χ3v) is 2.87. The standard InChI is InChI=1S/C14H11N3O3/c1-9-4-13(18)12(14(19)20)8-17(9)7-10-2-3-16-11(5-10)6-15/h2-5,8H,7H2,1H3,(H,19,20).